The van der Waals surface area contributed by atoms with E-state index < -0.39 is 0 Å². The number of amides is 2. The summed E-state index contributed by atoms with van der Waals surface area (Å²) in [5, 5.41) is 2.74. The summed E-state index contributed by atoms with van der Waals surface area (Å²) in [6.07, 6.45) is 0. The molecule has 1 fully saturated rings. The topological polar surface area (TPSA) is 52.7 Å². The van der Waals surface area contributed by atoms with E-state index in [1.165, 1.54) is 31.2 Å². The normalized spacial score (nSPS) is 14.3. The molecule has 1 heterocycles. The van der Waals surface area contributed by atoms with E-state index in [-0.39, 0.29) is 17.6 Å². The van der Waals surface area contributed by atoms with Crippen molar-refractivity contribution in [3.63, 3.8) is 0 Å². The van der Waals surface area contributed by atoms with Crippen molar-refractivity contribution in [2.24, 2.45) is 0 Å². The standard InChI is InChI=1S/C19H20FN3O2/c1-14(24)21-17-6-8-18(9-7-17)22-10-12-23(13-11-22)19(25)15-2-4-16(20)5-3-15/h2-9H,10-13H2,1H3,(H,21,24). The van der Waals surface area contributed by atoms with Crippen LogP contribution in [0.1, 0.15) is 17.3 Å². The molecule has 2 amide bonds. The number of carbonyl (C=O) groups excluding carboxylic acids is 2. The van der Waals surface area contributed by atoms with Gasteiger partial charge in [0.25, 0.3) is 5.91 Å². The minimum atomic E-state index is -0.343. The molecule has 0 radical (unpaired) electrons. The van der Waals surface area contributed by atoms with Gasteiger partial charge in [-0.2, -0.15) is 0 Å². The largest absolute Gasteiger partial charge is 0.368 e. The Balaban J connectivity index is 1.58. The summed E-state index contributed by atoms with van der Waals surface area (Å²) in [4.78, 5) is 27.5. The molecule has 6 heteroatoms. The van der Waals surface area contributed by atoms with E-state index in [9.17, 15) is 14.0 Å². The van der Waals surface area contributed by atoms with E-state index in [0.717, 1.165) is 24.5 Å². The molecule has 5 nitrogen and oxygen atoms in total. The number of anilines is 2. The van der Waals surface area contributed by atoms with Crippen molar-refractivity contribution in [1.82, 2.24) is 4.90 Å². The second-order valence-electron chi connectivity index (χ2n) is 6.01. The highest BCUT2D eigenvalue weighted by Gasteiger charge is 2.22. The van der Waals surface area contributed by atoms with Gasteiger partial charge in [-0.25, -0.2) is 4.39 Å². The Morgan fingerprint density at radius 2 is 1.52 bits per heavy atom. The van der Waals surface area contributed by atoms with Gasteiger partial charge in [-0.15, -0.1) is 0 Å². The molecule has 0 saturated carbocycles. The highest BCUT2D eigenvalue weighted by atomic mass is 19.1. The first-order chi connectivity index (χ1) is 12.0. The fourth-order valence-corrected chi connectivity index (χ4v) is 2.90. The van der Waals surface area contributed by atoms with Crippen molar-refractivity contribution in [3.8, 4) is 0 Å². The lowest BCUT2D eigenvalue weighted by atomic mass is 10.1. The molecular weight excluding hydrogens is 321 g/mol. The van der Waals surface area contributed by atoms with Crippen molar-refractivity contribution < 1.29 is 14.0 Å². The van der Waals surface area contributed by atoms with E-state index in [0.29, 0.717) is 18.7 Å². The lowest BCUT2D eigenvalue weighted by molar-refractivity contribution is -0.114. The molecule has 1 aliphatic rings. The van der Waals surface area contributed by atoms with Gasteiger partial charge in [0.2, 0.25) is 5.91 Å². The van der Waals surface area contributed by atoms with E-state index in [2.05, 4.69) is 10.2 Å². The molecular formula is C19H20FN3O2. The average molecular weight is 341 g/mol. The van der Waals surface area contributed by atoms with Crippen molar-refractivity contribution in [2.45, 2.75) is 6.92 Å². The average Bonchev–Trinajstić information content (AvgIpc) is 2.62. The molecule has 0 aromatic heterocycles. The summed E-state index contributed by atoms with van der Waals surface area (Å²) < 4.78 is 13.0. The number of nitrogens with zero attached hydrogens (tertiary/aromatic N) is 2. The first-order valence-corrected chi connectivity index (χ1v) is 8.20. The predicted octanol–water partition coefficient (Wildman–Crippen LogP) is 2.75. The fourth-order valence-electron chi connectivity index (χ4n) is 2.90. The highest BCUT2D eigenvalue weighted by Crippen LogP contribution is 2.20. The lowest BCUT2D eigenvalue weighted by Gasteiger charge is -2.36. The number of halogens is 1. The van der Waals surface area contributed by atoms with Crippen LogP contribution >= 0.6 is 0 Å². The second kappa shape index (κ2) is 7.34. The third-order valence-corrected chi connectivity index (χ3v) is 4.21. The Hall–Kier alpha value is -2.89. The monoisotopic (exact) mass is 341 g/mol. The zero-order valence-electron chi connectivity index (χ0n) is 14.0. The molecule has 25 heavy (non-hydrogen) atoms. The number of hydrogen-bond donors (Lipinski definition) is 1. The first-order valence-electron chi connectivity index (χ1n) is 8.20. The van der Waals surface area contributed by atoms with Crippen LogP contribution in [0.2, 0.25) is 0 Å². The van der Waals surface area contributed by atoms with Crippen LogP contribution in [0.3, 0.4) is 0 Å². The highest BCUT2D eigenvalue weighted by molar-refractivity contribution is 5.94. The van der Waals surface area contributed by atoms with Crippen LogP contribution < -0.4 is 10.2 Å². The molecule has 1 aliphatic heterocycles. The van der Waals surface area contributed by atoms with Crippen LogP contribution in [0.4, 0.5) is 15.8 Å². The Morgan fingerprint density at radius 3 is 2.08 bits per heavy atom. The first kappa shape index (κ1) is 17.0. The fraction of sp³-hybridized carbons (Fsp3) is 0.263. The number of nitrogens with one attached hydrogen (secondary N) is 1. The Morgan fingerprint density at radius 1 is 0.920 bits per heavy atom. The van der Waals surface area contributed by atoms with Gasteiger partial charge in [0.05, 0.1) is 0 Å². The minimum absolute atomic E-state index is 0.0688. The summed E-state index contributed by atoms with van der Waals surface area (Å²) in [6, 6.07) is 13.3. The molecule has 0 atom stereocenters. The van der Waals surface area contributed by atoms with Gasteiger partial charge in [-0.3, -0.25) is 9.59 Å². The smallest absolute Gasteiger partial charge is 0.253 e. The van der Waals surface area contributed by atoms with Gasteiger partial charge in [-0.05, 0) is 48.5 Å². The number of hydrogen-bond acceptors (Lipinski definition) is 3. The van der Waals surface area contributed by atoms with Crippen molar-refractivity contribution in [3.05, 3.63) is 59.9 Å². The van der Waals surface area contributed by atoms with E-state index in [1.807, 2.05) is 24.3 Å². The molecule has 3 rings (SSSR count). The summed E-state index contributed by atoms with van der Waals surface area (Å²) in [6.45, 7) is 4.16. The number of rotatable bonds is 3. The van der Waals surface area contributed by atoms with Gasteiger partial charge < -0.3 is 15.1 Å². The molecule has 1 saturated heterocycles. The summed E-state index contributed by atoms with van der Waals surface area (Å²) >= 11 is 0. The van der Waals surface area contributed by atoms with Crippen molar-refractivity contribution in [1.29, 1.82) is 0 Å². The van der Waals surface area contributed by atoms with Gasteiger partial charge >= 0.3 is 0 Å². The maximum Gasteiger partial charge on any atom is 0.253 e. The molecule has 1 N–H and O–H groups in total. The Bertz CT molecular complexity index is 751. The molecule has 2 aromatic rings. The van der Waals surface area contributed by atoms with Crippen molar-refractivity contribution >= 4 is 23.2 Å². The maximum absolute atomic E-state index is 13.0. The van der Waals surface area contributed by atoms with Gasteiger partial charge in [0, 0.05) is 50.0 Å². The van der Waals surface area contributed by atoms with E-state index >= 15 is 0 Å². The second-order valence-corrected chi connectivity index (χ2v) is 6.01. The van der Waals surface area contributed by atoms with Crippen LogP contribution in [-0.4, -0.2) is 42.9 Å². The lowest BCUT2D eigenvalue weighted by Crippen LogP contribution is -2.48. The third kappa shape index (κ3) is 4.15. The van der Waals surface area contributed by atoms with Crippen molar-refractivity contribution in [2.75, 3.05) is 36.4 Å². The SMILES string of the molecule is CC(=O)Nc1ccc(N2CCN(C(=O)c3ccc(F)cc3)CC2)cc1. The zero-order valence-corrected chi connectivity index (χ0v) is 14.0. The van der Waals surface area contributed by atoms with Gasteiger partial charge in [0.15, 0.2) is 0 Å². The number of carbonyl (C=O) groups is 2. The van der Waals surface area contributed by atoms with Crippen LogP contribution in [0.15, 0.2) is 48.5 Å². The van der Waals surface area contributed by atoms with Crippen LogP contribution in [-0.2, 0) is 4.79 Å². The van der Waals surface area contributed by atoms with Crippen LogP contribution in [0, 0.1) is 5.82 Å². The Kier molecular flexibility index (Phi) is 4.97. The maximum atomic E-state index is 13.0. The molecule has 0 spiro atoms. The van der Waals surface area contributed by atoms with E-state index in [1.54, 1.807) is 4.90 Å². The molecule has 130 valence electrons. The molecule has 0 bridgehead atoms. The molecule has 0 aliphatic carbocycles. The number of benzene rings is 2. The Labute approximate surface area is 146 Å². The number of piperazine rings is 1. The van der Waals surface area contributed by atoms with Gasteiger partial charge in [0.1, 0.15) is 5.82 Å². The minimum Gasteiger partial charge on any atom is -0.368 e. The summed E-state index contributed by atoms with van der Waals surface area (Å²) in [5.41, 5.74) is 2.33. The molecule has 0 unspecified atom stereocenters. The third-order valence-electron chi connectivity index (χ3n) is 4.21. The zero-order chi connectivity index (χ0) is 17.8. The summed E-state index contributed by atoms with van der Waals surface area (Å²) in [7, 11) is 0. The predicted molar refractivity (Wildman–Crippen MR) is 95.3 cm³/mol. The van der Waals surface area contributed by atoms with Gasteiger partial charge in [-0.1, -0.05) is 0 Å². The molecule has 2 aromatic carbocycles. The van der Waals surface area contributed by atoms with E-state index in [4.69, 9.17) is 0 Å². The quantitative estimate of drug-likeness (QED) is 0.934. The van der Waals surface area contributed by atoms with Crippen LogP contribution in [0.5, 0.6) is 0 Å². The van der Waals surface area contributed by atoms with Crippen LogP contribution in [0.25, 0.3) is 0 Å². The summed E-state index contributed by atoms with van der Waals surface area (Å²) in [5.74, 6) is -0.509.